The number of benzene rings is 1. The van der Waals surface area contributed by atoms with Gasteiger partial charge in [-0.15, -0.1) is 0 Å². The van der Waals surface area contributed by atoms with E-state index >= 15 is 0 Å². The lowest BCUT2D eigenvalue weighted by molar-refractivity contribution is 0.408. The highest BCUT2D eigenvalue weighted by Crippen LogP contribution is 2.31. The number of aromatic amines is 1. The van der Waals surface area contributed by atoms with E-state index in [-0.39, 0.29) is 16.1 Å². The summed E-state index contributed by atoms with van der Waals surface area (Å²) in [5.41, 5.74) is 2.10. The van der Waals surface area contributed by atoms with Crippen molar-refractivity contribution < 1.29 is 9.84 Å². The van der Waals surface area contributed by atoms with Gasteiger partial charge in [-0.25, -0.2) is 4.98 Å². The summed E-state index contributed by atoms with van der Waals surface area (Å²) in [6.07, 6.45) is 3.43. The summed E-state index contributed by atoms with van der Waals surface area (Å²) in [4.78, 5) is 23.8. The zero-order valence-electron chi connectivity index (χ0n) is 14.9. The molecule has 28 heavy (non-hydrogen) atoms. The molecule has 0 unspecified atom stereocenters. The second kappa shape index (κ2) is 7.24. The third-order valence-corrected chi connectivity index (χ3v) is 4.71. The molecule has 0 aliphatic rings. The van der Waals surface area contributed by atoms with Gasteiger partial charge in [-0.3, -0.25) is 19.3 Å². The van der Waals surface area contributed by atoms with Crippen LogP contribution in [0.3, 0.4) is 0 Å². The Morgan fingerprint density at radius 2 is 2.11 bits per heavy atom. The molecule has 0 saturated heterocycles. The molecular weight excluding hydrogens is 376 g/mol. The zero-order chi connectivity index (χ0) is 19.7. The summed E-state index contributed by atoms with van der Waals surface area (Å²) in [6, 6.07) is 12.1. The first-order valence-electron chi connectivity index (χ1n) is 8.47. The number of nitrogens with one attached hydrogen (secondary N) is 1. The number of phenols is 1. The largest absolute Gasteiger partial charge is 0.507 e. The van der Waals surface area contributed by atoms with E-state index in [9.17, 15) is 9.90 Å². The van der Waals surface area contributed by atoms with Crippen LogP contribution in [-0.4, -0.2) is 31.7 Å². The van der Waals surface area contributed by atoms with Crippen molar-refractivity contribution in [2.75, 3.05) is 7.11 Å². The summed E-state index contributed by atoms with van der Waals surface area (Å²) in [7, 11) is 1.53. The van der Waals surface area contributed by atoms with Crippen LogP contribution in [0.15, 0.2) is 59.7 Å². The van der Waals surface area contributed by atoms with E-state index in [0.29, 0.717) is 34.6 Å². The fraction of sp³-hybridized carbons (Fsp3) is 0.100. The molecule has 4 aromatic rings. The Hall–Kier alpha value is -3.52. The molecule has 0 bridgehead atoms. The van der Waals surface area contributed by atoms with Crippen LogP contribution in [0.5, 0.6) is 11.5 Å². The van der Waals surface area contributed by atoms with Crippen LogP contribution in [0.25, 0.3) is 22.3 Å². The van der Waals surface area contributed by atoms with Gasteiger partial charge in [0.15, 0.2) is 4.77 Å². The molecule has 140 valence electrons. The second-order valence-corrected chi connectivity index (χ2v) is 6.54. The predicted octanol–water partition coefficient (Wildman–Crippen LogP) is 3.28. The number of pyridine rings is 2. The molecule has 0 amide bonds. The van der Waals surface area contributed by atoms with Gasteiger partial charge < -0.3 is 9.84 Å². The van der Waals surface area contributed by atoms with E-state index in [1.807, 2.05) is 12.1 Å². The molecule has 0 radical (unpaired) electrons. The number of H-pyrrole nitrogens is 1. The summed E-state index contributed by atoms with van der Waals surface area (Å²) >= 11 is 5.37. The minimum atomic E-state index is -0.305. The molecule has 0 atom stereocenters. The van der Waals surface area contributed by atoms with Crippen molar-refractivity contribution in [2.24, 2.45) is 0 Å². The van der Waals surface area contributed by atoms with Crippen molar-refractivity contribution >= 4 is 23.3 Å². The predicted molar refractivity (Wildman–Crippen MR) is 108 cm³/mol. The molecule has 0 saturated carbocycles. The number of hydrogen-bond acceptors (Lipinski definition) is 6. The van der Waals surface area contributed by atoms with E-state index in [4.69, 9.17) is 17.0 Å². The quantitative estimate of drug-likeness (QED) is 0.518. The van der Waals surface area contributed by atoms with E-state index in [0.717, 1.165) is 5.56 Å². The van der Waals surface area contributed by atoms with Gasteiger partial charge in [-0.05, 0) is 48.1 Å². The molecule has 4 rings (SSSR count). The topological polar surface area (TPSA) is 93.0 Å². The fourth-order valence-corrected chi connectivity index (χ4v) is 3.23. The first kappa shape index (κ1) is 17.9. The smallest absolute Gasteiger partial charge is 0.261 e. The Balaban J connectivity index is 1.92. The average Bonchev–Trinajstić information content (AvgIpc) is 2.71. The van der Waals surface area contributed by atoms with E-state index < -0.39 is 0 Å². The van der Waals surface area contributed by atoms with Crippen molar-refractivity contribution in [1.29, 1.82) is 0 Å². The van der Waals surface area contributed by atoms with E-state index in [2.05, 4.69) is 15.0 Å². The first-order chi connectivity index (χ1) is 13.6. The highest BCUT2D eigenvalue weighted by Gasteiger charge is 2.12. The van der Waals surface area contributed by atoms with E-state index in [1.54, 1.807) is 41.2 Å². The van der Waals surface area contributed by atoms with Crippen LogP contribution in [0.2, 0.25) is 0 Å². The van der Waals surface area contributed by atoms with Gasteiger partial charge >= 0.3 is 0 Å². The highest BCUT2D eigenvalue weighted by atomic mass is 32.1. The second-order valence-electron chi connectivity index (χ2n) is 6.16. The molecule has 8 heteroatoms. The molecule has 0 fully saturated rings. The Morgan fingerprint density at radius 3 is 2.82 bits per heavy atom. The molecule has 1 aromatic carbocycles. The van der Waals surface area contributed by atoms with E-state index in [1.165, 1.54) is 13.2 Å². The van der Waals surface area contributed by atoms with Gasteiger partial charge in [-0.2, -0.15) is 0 Å². The molecular formula is C20H16N4O3S. The van der Waals surface area contributed by atoms with Crippen LogP contribution < -0.4 is 10.3 Å². The van der Waals surface area contributed by atoms with Crippen molar-refractivity contribution in [1.82, 2.24) is 19.5 Å². The highest BCUT2D eigenvalue weighted by molar-refractivity contribution is 7.71. The molecule has 3 aromatic heterocycles. The van der Waals surface area contributed by atoms with Crippen molar-refractivity contribution in [2.45, 2.75) is 6.54 Å². The Morgan fingerprint density at radius 1 is 1.25 bits per heavy atom. The van der Waals surface area contributed by atoms with Crippen LogP contribution in [0.1, 0.15) is 5.56 Å². The van der Waals surface area contributed by atoms with Crippen LogP contribution >= 0.6 is 12.2 Å². The third-order valence-electron chi connectivity index (χ3n) is 4.39. The number of ether oxygens (including phenoxy) is 1. The van der Waals surface area contributed by atoms with Crippen molar-refractivity contribution in [3.63, 3.8) is 0 Å². The normalized spacial score (nSPS) is 10.9. The maximum atomic E-state index is 12.3. The maximum Gasteiger partial charge on any atom is 0.261 e. The number of aromatic hydroxyl groups is 1. The average molecular weight is 392 g/mol. The van der Waals surface area contributed by atoms with Crippen LogP contribution in [0, 0.1) is 4.77 Å². The Kier molecular flexibility index (Phi) is 4.62. The zero-order valence-corrected chi connectivity index (χ0v) is 15.7. The molecule has 2 N–H and O–H groups in total. The summed E-state index contributed by atoms with van der Waals surface area (Å²) in [5.74, 6) is 0.575. The van der Waals surface area contributed by atoms with Gasteiger partial charge in [0.05, 0.1) is 24.7 Å². The molecule has 7 nitrogen and oxygen atoms in total. The van der Waals surface area contributed by atoms with Crippen LogP contribution in [0.4, 0.5) is 0 Å². The fourth-order valence-electron chi connectivity index (χ4n) is 2.99. The van der Waals surface area contributed by atoms with Gasteiger partial charge in [0.25, 0.3) is 5.56 Å². The summed E-state index contributed by atoms with van der Waals surface area (Å²) in [5, 5.41) is 10.7. The monoisotopic (exact) mass is 392 g/mol. The maximum absolute atomic E-state index is 12.3. The number of rotatable bonds is 4. The standard InChI is InChI=1S/C20H16N4O3S/c1-27-13-4-5-14(17(25)9-13)16-7-6-15-18(22-16)24(20(28)23-19(15)26)11-12-3-2-8-21-10-12/h2-10,25H,11H2,1H3,(H,23,26,28). The lowest BCUT2D eigenvalue weighted by atomic mass is 10.1. The minimum Gasteiger partial charge on any atom is -0.507 e. The Labute approximate surface area is 164 Å². The first-order valence-corrected chi connectivity index (χ1v) is 8.88. The van der Waals surface area contributed by atoms with Crippen LogP contribution in [-0.2, 0) is 6.54 Å². The molecule has 3 heterocycles. The van der Waals surface area contributed by atoms with Gasteiger partial charge in [0.1, 0.15) is 17.1 Å². The third kappa shape index (κ3) is 3.25. The van der Waals surface area contributed by atoms with Crippen molar-refractivity contribution in [3.05, 3.63) is 75.5 Å². The SMILES string of the molecule is COc1ccc(-c2ccc3c(=O)[nH]c(=S)n(Cc4cccnc4)c3n2)c(O)c1. The van der Waals surface area contributed by atoms with Gasteiger partial charge in [0.2, 0.25) is 0 Å². The summed E-state index contributed by atoms with van der Waals surface area (Å²) < 4.78 is 7.14. The van der Waals surface area contributed by atoms with Gasteiger partial charge in [-0.1, -0.05) is 6.07 Å². The number of fused-ring (bicyclic) bond motifs is 1. The molecule has 0 aliphatic heterocycles. The number of nitrogens with zero attached hydrogens (tertiary/aromatic N) is 3. The number of methoxy groups -OCH3 is 1. The lowest BCUT2D eigenvalue weighted by Gasteiger charge is -2.12. The molecule has 0 aliphatic carbocycles. The van der Waals surface area contributed by atoms with Gasteiger partial charge in [0, 0.05) is 24.0 Å². The van der Waals surface area contributed by atoms with Crippen molar-refractivity contribution in [3.8, 4) is 22.8 Å². The lowest BCUT2D eigenvalue weighted by Crippen LogP contribution is -2.16. The number of hydrogen-bond donors (Lipinski definition) is 2. The minimum absolute atomic E-state index is 0.0356. The number of aromatic nitrogens is 4. The Bertz CT molecular complexity index is 1280. The summed E-state index contributed by atoms with van der Waals surface area (Å²) in [6.45, 7) is 0.408. The molecule has 0 spiro atoms. The number of phenolic OH excluding ortho intramolecular Hbond substituents is 1.